The molecule has 1 amide bonds. The van der Waals surface area contributed by atoms with Crippen molar-refractivity contribution in [2.75, 3.05) is 5.32 Å². The Balaban J connectivity index is 2.09. The van der Waals surface area contributed by atoms with Crippen LogP contribution < -0.4 is 11.1 Å². The third-order valence-electron chi connectivity index (χ3n) is 3.50. The Morgan fingerprint density at radius 2 is 2.28 bits per heavy atom. The maximum Gasteiger partial charge on any atom is 0.237 e. The van der Waals surface area contributed by atoms with E-state index in [9.17, 15) is 4.79 Å². The maximum atomic E-state index is 12.2. The second-order valence-corrected chi connectivity index (χ2v) is 5.50. The summed E-state index contributed by atoms with van der Waals surface area (Å²) in [4.78, 5) is 12.5. The van der Waals surface area contributed by atoms with Gasteiger partial charge in [-0.2, -0.15) is 5.10 Å². The van der Waals surface area contributed by atoms with Crippen LogP contribution >= 0.6 is 12.2 Å². The number of rotatable bonds is 4. The van der Waals surface area contributed by atoms with E-state index in [0.717, 1.165) is 19.3 Å². The highest BCUT2D eigenvalue weighted by Crippen LogP contribution is 2.42. The molecule has 2 rings (SSSR count). The summed E-state index contributed by atoms with van der Waals surface area (Å²) in [5, 5.41) is 7.03. The molecule has 0 saturated heterocycles. The number of nitrogens with one attached hydrogen (secondary N) is 1. The van der Waals surface area contributed by atoms with Crippen molar-refractivity contribution in [1.82, 2.24) is 9.78 Å². The van der Waals surface area contributed by atoms with Crippen LogP contribution in [-0.4, -0.2) is 20.7 Å². The molecule has 1 fully saturated rings. The van der Waals surface area contributed by atoms with Crippen molar-refractivity contribution in [2.24, 2.45) is 11.1 Å². The molecule has 1 heterocycles. The first-order chi connectivity index (χ1) is 8.45. The van der Waals surface area contributed by atoms with Gasteiger partial charge in [-0.25, -0.2) is 0 Å². The predicted molar refractivity (Wildman–Crippen MR) is 74.3 cm³/mol. The van der Waals surface area contributed by atoms with Gasteiger partial charge in [0.2, 0.25) is 5.91 Å². The molecule has 98 valence electrons. The number of hydrogen-bond donors (Lipinski definition) is 2. The number of nitrogens with two attached hydrogens (primary N) is 1. The molecule has 5 nitrogen and oxygen atoms in total. The number of aromatic nitrogens is 2. The summed E-state index contributed by atoms with van der Waals surface area (Å²) in [5.74, 6) is -0.107. The van der Waals surface area contributed by atoms with Gasteiger partial charge in [-0.05, 0) is 26.7 Å². The van der Waals surface area contributed by atoms with E-state index in [-0.39, 0.29) is 11.9 Å². The third kappa shape index (κ3) is 2.12. The molecular formula is C12H18N4OS. The second kappa shape index (κ2) is 4.68. The van der Waals surface area contributed by atoms with Crippen LogP contribution in [0.4, 0.5) is 5.69 Å². The van der Waals surface area contributed by atoms with Crippen LogP contribution in [0.3, 0.4) is 0 Å². The van der Waals surface area contributed by atoms with E-state index in [1.54, 1.807) is 10.9 Å². The van der Waals surface area contributed by atoms with Gasteiger partial charge in [0.15, 0.2) is 0 Å². The van der Waals surface area contributed by atoms with E-state index >= 15 is 0 Å². The Morgan fingerprint density at radius 3 is 2.67 bits per heavy atom. The van der Waals surface area contributed by atoms with Gasteiger partial charge in [0, 0.05) is 12.2 Å². The molecule has 1 aromatic heterocycles. The highest BCUT2D eigenvalue weighted by atomic mass is 32.1. The monoisotopic (exact) mass is 266 g/mol. The zero-order valence-corrected chi connectivity index (χ0v) is 11.5. The Hall–Kier alpha value is -1.43. The molecule has 0 radical (unpaired) electrons. The quantitative estimate of drug-likeness (QED) is 0.816. The molecule has 6 heteroatoms. The number of carbonyl (C=O) groups is 1. The summed E-state index contributed by atoms with van der Waals surface area (Å²) in [5.41, 5.74) is 5.74. The van der Waals surface area contributed by atoms with Gasteiger partial charge >= 0.3 is 0 Å². The van der Waals surface area contributed by atoms with Crippen LogP contribution in [0.25, 0.3) is 0 Å². The lowest BCUT2D eigenvalue weighted by atomic mass is 9.68. The summed E-state index contributed by atoms with van der Waals surface area (Å²) < 4.78 is 1.80. The molecule has 18 heavy (non-hydrogen) atoms. The molecule has 1 aliphatic rings. The standard InChI is InChI=1S/C12H18N4OS/c1-8(2)16-7-9(6-14-16)15-11(17)12(10(13)18)4-3-5-12/h6-8H,3-5H2,1-2H3,(H2,13,18)(H,15,17). The number of amides is 1. The maximum absolute atomic E-state index is 12.2. The van der Waals surface area contributed by atoms with E-state index in [2.05, 4.69) is 10.4 Å². The molecule has 1 saturated carbocycles. The van der Waals surface area contributed by atoms with E-state index in [0.29, 0.717) is 10.7 Å². The fourth-order valence-electron chi connectivity index (χ4n) is 2.05. The highest BCUT2D eigenvalue weighted by molar-refractivity contribution is 7.80. The molecule has 0 aromatic carbocycles. The van der Waals surface area contributed by atoms with E-state index in [1.807, 2.05) is 20.0 Å². The summed E-state index contributed by atoms with van der Waals surface area (Å²) in [6.07, 6.45) is 5.94. The van der Waals surface area contributed by atoms with Crippen molar-refractivity contribution in [3.05, 3.63) is 12.4 Å². The average molecular weight is 266 g/mol. The topological polar surface area (TPSA) is 72.9 Å². The fraction of sp³-hybridized carbons (Fsp3) is 0.583. The Bertz CT molecular complexity index is 476. The number of carbonyl (C=O) groups excluding carboxylic acids is 1. The molecule has 1 aromatic rings. The SMILES string of the molecule is CC(C)n1cc(NC(=O)C2(C(N)=S)CCC2)cn1. The van der Waals surface area contributed by atoms with Crippen molar-refractivity contribution in [1.29, 1.82) is 0 Å². The van der Waals surface area contributed by atoms with Crippen LogP contribution in [0, 0.1) is 5.41 Å². The minimum absolute atomic E-state index is 0.107. The summed E-state index contributed by atoms with van der Waals surface area (Å²) in [6.45, 7) is 4.06. The first-order valence-corrected chi connectivity index (χ1v) is 6.52. The number of anilines is 1. The lowest BCUT2D eigenvalue weighted by molar-refractivity contribution is -0.125. The van der Waals surface area contributed by atoms with Gasteiger partial charge in [0.1, 0.15) is 0 Å². The average Bonchev–Trinajstić information content (AvgIpc) is 2.63. The molecule has 3 N–H and O–H groups in total. The van der Waals surface area contributed by atoms with Gasteiger partial charge in [-0.1, -0.05) is 18.6 Å². The molecular weight excluding hydrogens is 248 g/mol. The Labute approximate surface area is 112 Å². The van der Waals surface area contributed by atoms with Crippen molar-refractivity contribution in [3.63, 3.8) is 0 Å². The van der Waals surface area contributed by atoms with Crippen molar-refractivity contribution in [3.8, 4) is 0 Å². The van der Waals surface area contributed by atoms with Crippen LogP contribution in [0.1, 0.15) is 39.2 Å². The van der Waals surface area contributed by atoms with Gasteiger partial charge in [-0.15, -0.1) is 0 Å². The summed E-state index contributed by atoms with van der Waals surface area (Å²) >= 11 is 5.02. The molecule has 0 unspecified atom stereocenters. The minimum atomic E-state index is -0.644. The molecule has 0 bridgehead atoms. The zero-order valence-electron chi connectivity index (χ0n) is 10.6. The lowest BCUT2D eigenvalue weighted by Gasteiger charge is -2.38. The number of nitrogens with zero attached hydrogens (tertiary/aromatic N) is 2. The largest absolute Gasteiger partial charge is 0.392 e. The van der Waals surface area contributed by atoms with Gasteiger partial charge in [-0.3, -0.25) is 9.48 Å². The van der Waals surface area contributed by atoms with Gasteiger partial charge < -0.3 is 11.1 Å². The molecule has 0 aliphatic heterocycles. The first-order valence-electron chi connectivity index (χ1n) is 6.11. The predicted octanol–water partition coefficient (Wildman–Crippen LogP) is 1.86. The highest BCUT2D eigenvalue weighted by Gasteiger charge is 2.47. The van der Waals surface area contributed by atoms with Crippen LogP contribution in [0.5, 0.6) is 0 Å². The molecule has 1 aliphatic carbocycles. The molecule has 0 atom stereocenters. The van der Waals surface area contributed by atoms with Crippen molar-refractivity contribution < 1.29 is 4.79 Å². The zero-order chi connectivity index (χ0) is 13.3. The van der Waals surface area contributed by atoms with Crippen LogP contribution in [-0.2, 0) is 4.79 Å². The second-order valence-electron chi connectivity index (χ2n) is 5.06. The number of hydrogen-bond acceptors (Lipinski definition) is 3. The van der Waals surface area contributed by atoms with Crippen LogP contribution in [0.15, 0.2) is 12.4 Å². The van der Waals surface area contributed by atoms with Gasteiger partial charge in [0.05, 0.1) is 22.3 Å². The van der Waals surface area contributed by atoms with E-state index < -0.39 is 5.41 Å². The smallest absolute Gasteiger partial charge is 0.237 e. The Morgan fingerprint density at radius 1 is 1.61 bits per heavy atom. The Kier molecular flexibility index (Phi) is 3.38. The normalized spacial score (nSPS) is 17.3. The van der Waals surface area contributed by atoms with E-state index in [1.165, 1.54) is 0 Å². The lowest BCUT2D eigenvalue weighted by Crippen LogP contribution is -2.50. The van der Waals surface area contributed by atoms with Crippen LogP contribution in [0.2, 0.25) is 0 Å². The third-order valence-corrected chi connectivity index (χ3v) is 3.89. The van der Waals surface area contributed by atoms with Crippen molar-refractivity contribution >= 4 is 28.8 Å². The fourth-order valence-corrected chi connectivity index (χ4v) is 2.35. The van der Waals surface area contributed by atoms with Crippen molar-refractivity contribution in [2.45, 2.75) is 39.2 Å². The van der Waals surface area contributed by atoms with Gasteiger partial charge in [0.25, 0.3) is 0 Å². The summed E-state index contributed by atoms with van der Waals surface area (Å²) in [7, 11) is 0. The summed E-state index contributed by atoms with van der Waals surface area (Å²) in [6, 6.07) is 0.267. The number of thiocarbonyl (C=S) groups is 1. The first kappa shape index (κ1) is 13.0. The minimum Gasteiger partial charge on any atom is -0.392 e. The molecule has 0 spiro atoms. The van der Waals surface area contributed by atoms with E-state index in [4.69, 9.17) is 18.0 Å².